The highest BCUT2D eigenvalue weighted by Crippen LogP contribution is 2.33. The Bertz CT molecular complexity index is 1200. The van der Waals surface area contributed by atoms with Crippen molar-refractivity contribution in [3.8, 4) is 28.5 Å². The second-order valence-corrected chi connectivity index (χ2v) is 7.61. The first-order chi connectivity index (χ1) is 15.4. The van der Waals surface area contributed by atoms with E-state index < -0.39 is 5.63 Å². The quantitative estimate of drug-likeness (QED) is 0.583. The summed E-state index contributed by atoms with van der Waals surface area (Å²) in [6.45, 7) is 2.66. The molecular formula is C23H25N3O6. The van der Waals surface area contributed by atoms with Crippen molar-refractivity contribution in [2.45, 2.75) is 19.4 Å². The lowest BCUT2D eigenvalue weighted by atomic mass is 10.1. The van der Waals surface area contributed by atoms with Crippen LogP contribution < -0.4 is 19.8 Å². The molecule has 0 aliphatic carbocycles. The van der Waals surface area contributed by atoms with Crippen molar-refractivity contribution >= 4 is 5.91 Å². The van der Waals surface area contributed by atoms with Gasteiger partial charge < -0.3 is 23.5 Å². The molecule has 3 heterocycles. The minimum atomic E-state index is -0.457. The Kier molecular flexibility index (Phi) is 5.89. The zero-order chi connectivity index (χ0) is 22.8. The number of hydrogen-bond acceptors (Lipinski definition) is 7. The molecule has 1 amide bonds. The lowest BCUT2D eigenvalue weighted by Crippen LogP contribution is -2.32. The summed E-state index contributed by atoms with van der Waals surface area (Å²) >= 11 is 0. The van der Waals surface area contributed by atoms with E-state index in [2.05, 4.69) is 5.10 Å². The first kappa shape index (κ1) is 21.5. The molecule has 1 aliphatic rings. The van der Waals surface area contributed by atoms with Gasteiger partial charge in [-0.2, -0.15) is 5.10 Å². The third kappa shape index (κ3) is 4.32. The highest BCUT2D eigenvalue weighted by atomic mass is 16.5. The molecule has 1 unspecified atom stereocenters. The molecule has 1 saturated heterocycles. The number of rotatable bonds is 6. The molecule has 4 rings (SSSR count). The Balaban J connectivity index is 1.51. The van der Waals surface area contributed by atoms with Crippen LogP contribution in [0.25, 0.3) is 11.3 Å². The standard InChI is InChI=1S/C23H25N3O6/c1-14-9-17(11-22(27)31-14)32-16-7-8-26(13-16)23(28)20-12-19(24-25(20)2)18-10-15(29-3)5-6-21(18)30-4/h5-6,9-12,16H,7-8,13H2,1-4H3. The molecule has 1 atom stereocenters. The van der Waals surface area contributed by atoms with Gasteiger partial charge in [0.05, 0.1) is 32.5 Å². The van der Waals surface area contributed by atoms with Crippen LogP contribution in [-0.4, -0.2) is 54.0 Å². The number of aromatic nitrogens is 2. The van der Waals surface area contributed by atoms with E-state index >= 15 is 0 Å². The van der Waals surface area contributed by atoms with Crippen molar-refractivity contribution in [3.63, 3.8) is 0 Å². The number of likely N-dealkylation sites (tertiary alicyclic amines) is 1. The SMILES string of the molecule is COc1ccc(OC)c(-c2cc(C(=O)N3CCC(Oc4cc(C)oc(=O)c4)C3)n(C)n2)c1. The molecule has 9 nitrogen and oxygen atoms in total. The summed E-state index contributed by atoms with van der Waals surface area (Å²) in [4.78, 5) is 26.5. The van der Waals surface area contributed by atoms with E-state index in [1.165, 1.54) is 6.07 Å². The van der Waals surface area contributed by atoms with Crippen molar-refractivity contribution in [2.75, 3.05) is 27.3 Å². The summed E-state index contributed by atoms with van der Waals surface area (Å²) in [5.41, 5.74) is 1.36. The average Bonchev–Trinajstić information content (AvgIpc) is 3.38. The number of nitrogens with zero attached hydrogens (tertiary/aromatic N) is 3. The second kappa shape index (κ2) is 8.78. The molecule has 1 fully saturated rings. The van der Waals surface area contributed by atoms with Crippen molar-refractivity contribution in [2.24, 2.45) is 7.05 Å². The number of benzene rings is 1. The Hall–Kier alpha value is -3.75. The number of methoxy groups -OCH3 is 2. The molecule has 0 saturated carbocycles. The molecule has 0 bridgehead atoms. The largest absolute Gasteiger partial charge is 0.497 e. The smallest absolute Gasteiger partial charge is 0.339 e. The lowest BCUT2D eigenvalue weighted by molar-refractivity contribution is 0.0761. The number of aryl methyl sites for hydroxylation is 2. The van der Waals surface area contributed by atoms with E-state index in [-0.39, 0.29) is 12.0 Å². The van der Waals surface area contributed by atoms with E-state index in [0.717, 1.165) is 5.56 Å². The first-order valence-corrected chi connectivity index (χ1v) is 10.2. The van der Waals surface area contributed by atoms with Crippen LogP contribution in [0.1, 0.15) is 22.7 Å². The van der Waals surface area contributed by atoms with Crippen molar-refractivity contribution in [1.82, 2.24) is 14.7 Å². The van der Waals surface area contributed by atoms with Gasteiger partial charge in [-0.15, -0.1) is 0 Å². The van der Waals surface area contributed by atoms with Crippen molar-refractivity contribution in [1.29, 1.82) is 0 Å². The number of hydrogen-bond donors (Lipinski definition) is 0. The van der Waals surface area contributed by atoms with Gasteiger partial charge in [0.15, 0.2) is 0 Å². The van der Waals surface area contributed by atoms with Crippen LogP contribution in [0.3, 0.4) is 0 Å². The predicted molar refractivity (Wildman–Crippen MR) is 116 cm³/mol. The summed E-state index contributed by atoms with van der Waals surface area (Å²) in [6.07, 6.45) is 0.464. The van der Waals surface area contributed by atoms with Crippen LogP contribution in [0.2, 0.25) is 0 Å². The molecule has 0 radical (unpaired) electrons. The highest BCUT2D eigenvalue weighted by Gasteiger charge is 2.30. The first-order valence-electron chi connectivity index (χ1n) is 10.2. The minimum absolute atomic E-state index is 0.136. The fraction of sp³-hybridized carbons (Fsp3) is 0.348. The van der Waals surface area contributed by atoms with E-state index in [9.17, 15) is 9.59 Å². The van der Waals surface area contributed by atoms with Gasteiger partial charge in [0.1, 0.15) is 34.8 Å². The predicted octanol–water partition coefficient (Wildman–Crippen LogP) is 2.66. The van der Waals surface area contributed by atoms with Gasteiger partial charge in [0.25, 0.3) is 5.91 Å². The Labute approximate surface area is 185 Å². The molecular weight excluding hydrogens is 414 g/mol. The van der Waals surface area contributed by atoms with E-state index in [1.54, 1.807) is 62.0 Å². The van der Waals surface area contributed by atoms with Crippen LogP contribution in [0, 0.1) is 6.92 Å². The van der Waals surface area contributed by atoms with Gasteiger partial charge in [0, 0.05) is 31.6 Å². The van der Waals surface area contributed by atoms with Gasteiger partial charge in [-0.25, -0.2) is 4.79 Å². The summed E-state index contributed by atoms with van der Waals surface area (Å²) < 4.78 is 23.2. The normalized spacial score (nSPS) is 15.6. The highest BCUT2D eigenvalue weighted by molar-refractivity contribution is 5.94. The molecule has 168 valence electrons. The summed E-state index contributed by atoms with van der Waals surface area (Å²) in [5.74, 6) is 2.10. The maximum Gasteiger partial charge on any atom is 0.339 e. The monoisotopic (exact) mass is 439 g/mol. The van der Waals surface area contributed by atoms with Crippen molar-refractivity contribution in [3.05, 3.63) is 58.3 Å². The number of amides is 1. The molecule has 0 N–H and O–H groups in total. The zero-order valence-electron chi connectivity index (χ0n) is 18.5. The van der Waals surface area contributed by atoms with E-state index in [0.29, 0.717) is 53.9 Å². The lowest BCUT2D eigenvalue weighted by Gasteiger charge is -2.17. The van der Waals surface area contributed by atoms with Crippen molar-refractivity contribution < 1.29 is 23.4 Å². The molecule has 2 aromatic heterocycles. The number of carbonyl (C=O) groups is 1. The molecule has 1 aromatic carbocycles. The fourth-order valence-electron chi connectivity index (χ4n) is 3.82. The average molecular weight is 439 g/mol. The summed E-state index contributed by atoms with van der Waals surface area (Å²) in [7, 11) is 4.91. The van der Waals surface area contributed by atoms with Gasteiger partial charge >= 0.3 is 5.63 Å². The van der Waals surface area contributed by atoms with Crippen LogP contribution in [-0.2, 0) is 7.05 Å². The Morgan fingerprint density at radius 3 is 2.66 bits per heavy atom. The maximum atomic E-state index is 13.2. The molecule has 0 spiro atoms. The maximum absolute atomic E-state index is 13.2. The Morgan fingerprint density at radius 2 is 1.94 bits per heavy atom. The summed E-state index contributed by atoms with van der Waals surface area (Å²) in [6, 6.07) is 10.2. The van der Waals surface area contributed by atoms with E-state index in [1.807, 2.05) is 6.07 Å². The van der Waals surface area contributed by atoms with Gasteiger partial charge in [-0.1, -0.05) is 0 Å². The second-order valence-electron chi connectivity index (χ2n) is 7.61. The third-order valence-corrected chi connectivity index (χ3v) is 5.38. The molecule has 32 heavy (non-hydrogen) atoms. The summed E-state index contributed by atoms with van der Waals surface area (Å²) in [5, 5.41) is 4.52. The molecule has 3 aromatic rings. The van der Waals surface area contributed by atoms with Crippen LogP contribution in [0.15, 0.2) is 45.6 Å². The molecule has 1 aliphatic heterocycles. The minimum Gasteiger partial charge on any atom is -0.497 e. The molecule has 9 heteroatoms. The fourth-order valence-corrected chi connectivity index (χ4v) is 3.82. The number of ether oxygens (including phenoxy) is 3. The van der Waals surface area contributed by atoms with Gasteiger partial charge in [-0.05, 0) is 31.2 Å². The van der Waals surface area contributed by atoms with Crippen LogP contribution in [0.4, 0.5) is 0 Å². The van der Waals surface area contributed by atoms with Crippen LogP contribution >= 0.6 is 0 Å². The number of carbonyl (C=O) groups excluding carboxylic acids is 1. The van der Waals surface area contributed by atoms with E-state index in [4.69, 9.17) is 18.6 Å². The van der Waals surface area contributed by atoms with Gasteiger partial charge in [-0.3, -0.25) is 9.48 Å². The zero-order valence-corrected chi connectivity index (χ0v) is 18.5. The third-order valence-electron chi connectivity index (χ3n) is 5.38. The topological polar surface area (TPSA) is 96.0 Å². The van der Waals surface area contributed by atoms with Crippen LogP contribution in [0.5, 0.6) is 17.2 Å². The van der Waals surface area contributed by atoms with Gasteiger partial charge in [0.2, 0.25) is 0 Å². The Morgan fingerprint density at radius 1 is 1.12 bits per heavy atom.